The van der Waals surface area contributed by atoms with Crippen LogP contribution in [0.25, 0.3) is 32.4 Å². The number of carbonyl (C=O) groups excluding carboxylic acids is 1. The molecule has 1 amide bonds. The van der Waals surface area contributed by atoms with Crippen molar-refractivity contribution in [3.8, 4) is 11.3 Å². The third kappa shape index (κ3) is 4.43. The molecule has 0 saturated heterocycles. The van der Waals surface area contributed by atoms with Crippen molar-refractivity contribution in [2.24, 2.45) is 0 Å². The summed E-state index contributed by atoms with van der Waals surface area (Å²) in [7, 11) is 0. The van der Waals surface area contributed by atoms with Gasteiger partial charge in [0, 0.05) is 29.4 Å². The van der Waals surface area contributed by atoms with Gasteiger partial charge < -0.3 is 0 Å². The highest BCUT2D eigenvalue weighted by Crippen LogP contribution is 2.34. The van der Waals surface area contributed by atoms with Crippen LogP contribution >= 0.6 is 11.3 Å². The quantitative estimate of drug-likeness (QED) is 0.251. The molecule has 0 aliphatic rings. The van der Waals surface area contributed by atoms with Crippen LogP contribution in [0.2, 0.25) is 0 Å². The van der Waals surface area contributed by atoms with E-state index >= 15 is 0 Å². The Labute approximate surface area is 214 Å². The third-order valence-corrected chi connectivity index (χ3v) is 6.98. The normalized spacial score (nSPS) is 11.2. The lowest BCUT2D eigenvalue weighted by atomic mass is 10.0. The highest BCUT2D eigenvalue weighted by atomic mass is 32.1. The number of fused-ring (bicyclic) bond motifs is 2. The largest absolute Gasteiger partial charge is 0.279 e. The molecule has 0 atom stereocenters. The highest BCUT2D eigenvalue weighted by Gasteiger charge is 2.25. The molecule has 0 saturated carbocycles. The fraction of sp³-hybridized carbons (Fsp3) is 0.0345. The minimum absolute atomic E-state index is 0.0231. The molecule has 0 aliphatic carbocycles. The van der Waals surface area contributed by atoms with Gasteiger partial charge in [0.25, 0.3) is 5.91 Å². The van der Waals surface area contributed by atoms with Crippen molar-refractivity contribution in [2.75, 3.05) is 4.90 Å². The fourth-order valence-electron chi connectivity index (χ4n) is 4.22. The number of amides is 1. The summed E-state index contributed by atoms with van der Waals surface area (Å²) in [6.07, 6.45) is 3.31. The zero-order chi connectivity index (χ0) is 25.4. The molecule has 8 heteroatoms. The summed E-state index contributed by atoms with van der Waals surface area (Å²) in [5, 5.41) is 0.942. The topological polar surface area (TPSA) is 59.0 Å². The summed E-state index contributed by atoms with van der Waals surface area (Å²) in [6.45, 7) is 0.147. The summed E-state index contributed by atoms with van der Waals surface area (Å²) in [5.41, 5.74) is 3.42. The van der Waals surface area contributed by atoms with Gasteiger partial charge in [0.2, 0.25) is 0 Å². The maximum absolute atomic E-state index is 14.5. The number of rotatable bonds is 5. The molecule has 180 valence electrons. The number of nitrogens with zero attached hydrogens (tertiary/aromatic N) is 4. The second kappa shape index (κ2) is 9.48. The van der Waals surface area contributed by atoms with Gasteiger partial charge in [-0.3, -0.25) is 14.7 Å². The van der Waals surface area contributed by atoms with Gasteiger partial charge in [-0.2, -0.15) is 0 Å². The lowest BCUT2D eigenvalue weighted by Gasteiger charge is -2.21. The van der Waals surface area contributed by atoms with Crippen LogP contribution in [0, 0.1) is 11.6 Å². The molecule has 3 heterocycles. The Morgan fingerprint density at radius 2 is 1.70 bits per heavy atom. The third-order valence-electron chi connectivity index (χ3n) is 5.96. The Hall–Kier alpha value is -4.56. The average molecular weight is 509 g/mol. The number of para-hydroxylation sites is 1. The van der Waals surface area contributed by atoms with Gasteiger partial charge in [-0.05, 0) is 29.8 Å². The van der Waals surface area contributed by atoms with Crippen LogP contribution in [0.15, 0.2) is 97.3 Å². The summed E-state index contributed by atoms with van der Waals surface area (Å²) < 4.78 is 28.7. The molecular weight excluding hydrogens is 490 g/mol. The molecule has 0 radical (unpaired) electrons. The number of hydrogen-bond acceptors (Lipinski definition) is 5. The van der Waals surface area contributed by atoms with Crippen LogP contribution in [-0.2, 0) is 6.54 Å². The molecule has 6 rings (SSSR count). The van der Waals surface area contributed by atoms with Crippen LogP contribution in [0.5, 0.6) is 0 Å². The van der Waals surface area contributed by atoms with Crippen molar-refractivity contribution in [1.82, 2.24) is 15.0 Å². The summed E-state index contributed by atoms with van der Waals surface area (Å²) >= 11 is 1.06. The number of hydrogen-bond donors (Lipinski definition) is 0. The molecule has 0 N–H and O–H groups in total. The minimum Gasteiger partial charge on any atom is -0.279 e. The number of halogens is 2. The Morgan fingerprint density at radius 1 is 0.892 bits per heavy atom. The summed E-state index contributed by atoms with van der Waals surface area (Å²) in [4.78, 5) is 29.1. The van der Waals surface area contributed by atoms with Crippen LogP contribution < -0.4 is 4.90 Å². The molecule has 0 aliphatic heterocycles. The molecule has 0 unspecified atom stereocenters. The van der Waals surface area contributed by atoms with Crippen molar-refractivity contribution in [1.29, 1.82) is 0 Å². The molecule has 3 aromatic carbocycles. The second-order valence-electron chi connectivity index (χ2n) is 8.42. The van der Waals surface area contributed by atoms with E-state index in [1.165, 1.54) is 11.0 Å². The maximum Gasteiger partial charge on any atom is 0.261 e. The number of carbonyl (C=O) groups is 1. The lowest BCUT2D eigenvalue weighted by molar-refractivity contribution is 0.0986. The first kappa shape index (κ1) is 22.9. The van der Waals surface area contributed by atoms with E-state index in [1.54, 1.807) is 24.5 Å². The van der Waals surface area contributed by atoms with Gasteiger partial charge in [-0.15, -0.1) is 0 Å². The Morgan fingerprint density at radius 3 is 2.51 bits per heavy atom. The standard InChI is InChI=1S/C29H18F2N4OS/c30-20-13-23(31)27-26(14-20)37-29(34-27)35(17-18-7-6-12-32-16-18)28(36)22-15-25(19-8-2-1-3-9-19)33-24-11-5-4-10-21(22)24/h1-16H,17H2. The monoisotopic (exact) mass is 508 g/mol. The first-order valence-electron chi connectivity index (χ1n) is 11.5. The van der Waals surface area contributed by atoms with Crippen molar-refractivity contribution in [3.05, 3.63) is 120 Å². The number of benzene rings is 3. The molecule has 0 fully saturated rings. The van der Waals surface area contributed by atoms with E-state index in [4.69, 9.17) is 4.98 Å². The fourth-order valence-corrected chi connectivity index (χ4v) is 5.22. The van der Waals surface area contributed by atoms with E-state index in [0.717, 1.165) is 28.5 Å². The molecule has 3 aromatic heterocycles. The molecule has 5 nitrogen and oxygen atoms in total. The van der Waals surface area contributed by atoms with Crippen LogP contribution in [0.1, 0.15) is 15.9 Å². The predicted molar refractivity (Wildman–Crippen MR) is 141 cm³/mol. The lowest BCUT2D eigenvalue weighted by Crippen LogP contribution is -2.30. The first-order valence-corrected chi connectivity index (χ1v) is 12.3. The predicted octanol–water partition coefficient (Wildman–Crippen LogP) is 7.03. The maximum atomic E-state index is 14.5. The van der Waals surface area contributed by atoms with Gasteiger partial charge >= 0.3 is 0 Å². The molecule has 37 heavy (non-hydrogen) atoms. The number of aromatic nitrogens is 3. The minimum atomic E-state index is -0.771. The highest BCUT2D eigenvalue weighted by molar-refractivity contribution is 7.22. The van der Waals surface area contributed by atoms with Crippen LogP contribution in [0.3, 0.4) is 0 Å². The van der Waals surface area contributed by atoms with Crippen LogP contribution in [0.4, 0.5) is 13.9 Å². The summed E-state index contributed by atoms with van der Waals surface area (Å²) in [5.74, 6) is -1.80. The van der Waals surface area contributed by atoms with E-state index < -0.39 is 11.6 Å². The van der Waals surface area contributed by atoms with Gasteiger partial charge in [0.15, 0.2) is 10.9 Å². The van der Waals surface area contributed by atoms with E-state index in [-0.39, 0.29) is 23.1 Å². The van der Waals surface area contributed by atoms with Gasteiger partial charge in [-0.1, -0.05) is 65.9 Å². The Kier molecular flexibility index (Phi) is 5.86. The van der Waals surface area contributed by atoms with E-state index in [9.17, 15) is 13.6 Å². The van der Waals surface area contributed by atoms with Crippen molar-refractivity contribution in [3.63, 3.8) is 0 Å². The van der Waals surface area contributed by atoms with Gasteiger partial charge in [0.05, 0.1) is 28.0 Å². The van der Waals surface area contributed by atoms with E-state index in [1.807, 2.05) is 60.7 Å². The van der Waals surface area contributed by atoms with Crippen molar-refractivity contribution < 1.29 is 13.6 Å². The second-order valence-corrected chi connectivity index (χ2v) is 9.43. The van der Waals surface area contributed by atoms with Crippen molar-refractivity contribution >= 4 is 43.5 Å². The van der Waals surface area contributed by atoms with Crippen LogP contribution in [-0.4, -0.2) is 20.9 Å². The first-order chi connectivity index (χ1) is 18.1. The number of thiazole rings is 1. The molecular formula is C29H18F2N4OS. The molecule has 0 bridgehead atoms. The van der Waals surface area contributed by atoms with Crippen molar-refractivity contribution in [2.45, 2.75) is 6.54 Å². The van der Waals surface area contributed by atoms with E-state index in [2.05, 4.69) is 9.97 Å². The Bertz CT molecular complexity index is 1760. The molecule has 0 spiro atoms. The van der Waals surface area contributed by atoms with Gasteiger partial charge in [-0.25, -0.2) is 18.7 Å². The molecule has 6 aromatic rings. The van der Waals surface area contributed by atoms with Gasteiger partial charge in [0.1, 0.15) is 11.3 Å². The average Bonchev–Trinajstić information content (AvgIpc) is 3.36. The SMILES string of the molecule is O=C(c1cc(-c2ccccc2)nc2ccccc12)N(Cc1cccnc1)c1nc2c(F)cc(F)cc2s1. The number of anilines is 1. The van der Waals surface area contributed by atoms with E-state index in [0.29, 0.717) is 26.9 Å². The Balaban J connectivity index is 1.53. The zero-order valence-electron chi connectivity index (χ0n) is 19.3. The summed E-state index contributed by atoms with van der Waals surface area (Å²) in [6, 6.07) is 24.5. The number of pyridine rings is 2. The zero-order valence-corrected chi connectivity index (χ0v) is 20.1. The smallest absolute Gasteiger partial charge is 0.261 e.